The lowest BCUT2D eigenvalue weighted by Crippen LogP contribution is -2.27. The van der Waals surface area contributed by atoms with Gasteiger partial charge in [0.05, 0.1) is 12.8 Å². The van der Waals surface area contributed by atoms with Crippen LogP contribution < -0.4 is 10.5 Å². The van der Waals surface area contributed by atoms with E-state index in [9.17, 15) is 0 Å². The van der Waals surface area contributed by atoms with Crippen LogP contribution >= 0.6 is 12.4 Å². The fraction of sp³-hybridized carbons (Fsp3) is 0.400. The van der Waals surface area contributed by atoms with Crippen LogP contribution in [0.2, 0.25) is 0 Å². The molecule has 21 heavy (non-hydrogen) atoms. The molecule has 0 spiro atoms. The average Bonchev–Trinajstić information content (AvgIpc) is 3.08. The first kappa shape index (κ1) is 15.8. The molecule has 3 rings (SSSR count). The molecule has 1 aromatic heterocycles. The first-order valence-electron chi connectivity index (χ1n) is 6.92. The van der Waals surface area contributed by atoms with Crippen LogP contribution in [0.1, 0.15) is 12.1 Å². The Balaban J connectivity index is 0.00000161. The van der Waals surface area contributed by atoms with Crippen molar-refractivity contribution in [3.05, 3.63) is 42.2 Å². The molecule has 1 aliphatic rings. The van der Waals surface area contributed by atoms with E-state index in [1.54, 1.807) is 7.11 Å². The van der Waals surface area contributed by atoms with E-state index in [0.29, 0.717) is 6.04 Å². The topological polar surface area (TPSA) is 56.3 Å². The first-order valence-corrected chi connectivity index (χ1v) is 6.92. The van der Waals surface area contributed by atoms with Crippen LogP contribution in [0.4, 0.5) is 0 Å². The molecule has 1 aromatic carbocycles. The van der Waals surface area contributed by atoms with E-state index in [0.717, 1.165) is 43.2 Å². The number of methoxy groups -OCH3 is 1. The molecule has 1 saturated heterocycles. The predicted molar refractivity (Wildman–Crippen MR) is 85.2 cm³/mol. The van der Waals surface area contributed by atoms with Gasteiger partial charge in [-0.05, 0) is 24.6 Å². The van der Waals surface area contributed by atoms with E-state index >= 15 is 0 Å². The van der Waals surface area contributed by atoms with Crippen molar-refractivity contribution in [3.8, 4) is 11.4 Å². The number of hydrogen-bond donors (Lipinski definition) is 1. The maximum Gasteiger partial charge on any atom is 0.144 e. The van der Waals surface area contributed by atoms with Crippen molar-refractivity contribution in [2.75, 3.05) is 20.2 Å². The zero-order valence-corrected chi connectivity index (χ0v) is 12.9. The summed E-state index contributed by atoms with van der Waals surface area (Å²) in [4.78, 5) is 2.37. The van der Waals surface area contributed by atoms with Crippen LogP contribution in [-0.4, -0.2) is 40.9 Å². The molecule has 0 aliphatic carbocycles. The number of nitrogens with two attached hydrogens (primary N) is 1. The predicted octanol–water partition coefficient (Wildman–Crippen LogP) is 1.84. The average molecular weight is 309 g/mol. The van der Waals surface area contributed by atoms with E-state index in [1.807, 2.05) is 35.1 Å². The number of hydrogen-bond acceptors (Lipinski definition) is 4. The molecule has 0 amide bonds. The summed E-state index contributed by atoms with van der Waals surface area (Å²) in [6.07, 6.45) is 2.90. The standard InChI is InChI=1S/C15H20N4O.ClH/c1-20-15-5-3-2-4-14(15)19-13(6-8-17-19)11-18-9-7-12(16)10-18;/h2-6,8,12H,7,9-11,16H2,1H3;1H. The second kappa shape index (κ2) is 6.93. The Morgan fingerprint density at radius 1 is 1.33 bits per heavy atom. The van der Waals surface area contributed by atoms with Crippen molar-refractivity contribution in [2.24, 2.45) is 5.73 Å². The third-order valence-corrected chi connectivity index (χ3v) is 3.73. The van der Waals surface area contributed by atoms with Crippen molar-refractivity contribution >= 4 is 12.4 Å². The second-order valence-electron chi connectivity index (χ2n) is 5.19. The van der Waals surface area contributed by atoms with Crippen molar-refractivity contribution in [1.82, 2.24) is 14.7 Å². The second-order valence-corrected chi connectivity index (χ2v) is 5.19. The van der Waals surface area contributed by atoms with Gasteiger partial charge in [0.25, 0.3) is 0 Å². The lowest BCUT2D eigenvalue weighted by Gasteiger charge is -2.17. The van der Waals surface area contributed by atoms with Gasteiger partial charge in [0.1, 0.15) is 11.4 Å². The first-order chi connectivity index (χ1) is 9.78. The van der Waals surface area contributed by atoms with Gasteiger partial charge in [-0.25, -0.2) is 4.68 Å². The molecule has 0 saturated carbocycles. The van der Waals surface area contributed by atoms with Crippen molar-refractivity contribution in [3.63, 3.8) is 0 Å². The van der Waals surface area contributed by atoms with E-state index in [-0.39, 0.29) is 12.4 Å². The van der Waals surface area contributed by atoms with Crippen LogP contribution in [0.3, 0.4) is 0 Å². The zero-order valence-electron chi connectivity index (χ0n) is 12.1. The summed E-state index contributed by atoms with van der Waals surface area (Å²) in [7, 11) is 1.68. The number of aromatic nitrogens is 2. The minimum absolute atomic E-state index is 0. The molecule has 5 nitrogen and oxygen atoms in total. The van der Waals surface area contributed by atoms with Crippen molar-refractivity contribution in [2.45, 2.75) is 19.0 Å². The van der Waals surface area contributed by atoms with Gasteiger partial charge in [-0.1, -0.05) is 12.1 Å². The Hall–Kier alpha value is -1.56. The summed E-state index contributed by atoms with van der Waals surface area (Å²) in [5, 5.41) is 4.43. The van der Waals surface area contributed by atoms with E-state index < -0.39 is 0 Å². The summed E-state index contributed by atoms with van der Waals surface area (Å²) in [6.45, 7) is 2.88. The molecule has 2 aromatic rings. The molecular formula is C15H21ClN4O. The highest BCUT2D eigenvalue weighted by Gasteiger charge is 2.20. The largest absolute Gasteiger partial charge is 0.494 e. The smallest absolute Gasteiger partial charge is 0.144 e. The number of para-hydroxylation sites is 2. The zero-order chi connectivity index (χ0) is 13.9. The Bertz CT molecular complexity index is 587. The maximum atomic E-state index is 5.96. The fourth-order valence-electron chi connectivity index (χ4n) is 2.71. The lowest BCUT2D eigenvalue weighted by molar-refractivity contribution is 0.319. The minimum atomic E-state index is 0. The SMILES string of the molecule is COc1ccccc1-n1nccc1CN1CCC(N)C1.Cl. The number of likely N-dealkylation sites (tertiary alicyclic amines) is 1. The highest BCUT2D eigenvalue weighted by Crippen LogP contribution is 2.23. The third-order valence-electron chi connectivity index (χ3n) is 3.73. The van der Waals surface area contributed by atoms with E-state index in [4.69, 9.17) is 10.5 Å². The van der Waals surface area contributed by atoms with Crippen LogP contribution in [0.5, 0.6) is 5.75 Å². The van der Waals surface area contributed by atoms with E-state index in [1.165, 1.54) is 0 Å². The lowest BCUT2D eigenvalue weighted by atomic mass is 10.3. The van der Waals surface area contributed by atoms with Gasteiger partial charge >= 0.3 is 0 Å². The molecule has 2 N–H and O–H groups in total. The Kier molecular flexibility index (Phi) is 5.22. The van der Waals surface area contributed by atoms with Gasteiger partial charge in [0, 0.05) is 31.9 Å². The number of rotatable bonds is 4. The molecule has 114 valence electrons. The monoisotopic (exact) mass is 308 g/mol. The highest BCUT2D eigenvalue weighted by molar-refractivity contribution is 5.85. The molecule has 2 heterocycles. The summed E-state index contributed by atoms with van der Waals surface area (Å²) in [6, 6.07) is 10.3. The molecule has 0 radical (unpaired) electrons. The number of benzene rings is 1. The van der Waals surface area contributed by atoms with Crippen LogP contribution in [0, 0.1) is 0 Å². The molecule has 1 unspecified atom stereocenters. The Labute approximate surface area is 131 Å². The third kappa shape index (κ3) is 3.37. The minimum Gasteiger partial charge on any atom is -0.494 e. The van der Waals surface area contributed by atoms with Crippen LogP contribution in [-0.2, 0) is 6.54 Å². The molecule has 1 atom stereocenters. The van der Waals surface area contributed by atoms with Crippen LogP contribution in [0.15, 0.2) is 36.5 Å². The molecule has 0 bridgehead atoms. The summed E-state index contributed by atoms with van der Waals surface area (Å²) < 4.78 is 7.36. The molecule has 1 aliphatic heterocycles. The maximum absolute atomic E-state index is 5.96. The van der Waals surface area contributed by atoms with Gasteiger partial charge in [-0.15, -0.1) is 12.4 Å². The number of halogens is 1. The van der Waals surface area contributed by atoms with Gasteiger partial charge < -0.3 is 10.5 Å². The summed E-state index contributed by atoms with van der Waals surface area (Å²) in [5.74, 6) is 0.829. The fourth-order valence-corrected chi connectivity index (χ4v) is 2.71. The van der Waals surface area contributed by atoms with Gasteiger partial charge in [-0.3, -0.25) is 4.90 Å². The summed E-state index contributed by atoms with van der Waals surface area (Å²) in [5.41, 5.74) is 8.09. The van der Waals surface area contributed by atoms with E-state index in [2.05, 4.69) is 16.1 Å². The molecule has 1 fully saturated rings. The highest BCUT2D eigenvalue weighted by atomic mass is 35.5. The Morgan fingerprint density at radius 3 is 2.86 bits per heavy atom. The molecular weight excluding hydrogens is 288 g/mol. The van der Waals surface area contributed by atoms with Gasteiger partial charge in [0.15, 0.2) is 0 Å². The quantitative estimate of drug-likeness (QED) is 0.936. The van der Waals surface area contributed by atoms with Crippen molar-refractivity contribution < 1.29 is 4.74 Å². The number of ether oxygens (including phenoxy) is 1. The van der Waals surface area contributed by atoms with Gasteiger partial charge in [0.2, 0.25) is 0 Å². The van der Waals surface area contributed by atoms with Gasteiger partial charge in [-0.2, -0.15) is 5.10 Å². The van der Waals surface area contributed by atoms with Crippen LogP contribution in [0.25, 0.3) is 5.69 Å². The number of nitrogens with zero attached hydrogens (tertiary/aromatic N) is 3. The molecule has 6 heteroatoms. The normalized spacial score (nSPS) is 18.5. The Morgan fingerprint density at radius 2 is 2.14 bits per heavy atom. The van der Waals surface area contributed by atoms with Crippen molar-refractivity contribution in [1.29, 1.82) is 0 Å². The summed E-state index contributed by atoms with van der Waals surface area (Å²) >= 11 is 0.